The zero-order valence-corrected chi connectivity index (χ0v) is 8.32. The average Bonchev–Trinajstić information content (AvgIpc) is 2.03. The summed E-state index contributed by atoms with van der Waals surface area (Å²) in [5.74, 6) is 0. The second-order valence-corrected chi connectivity index (χ2v) is 4.16. The van der Waals surface area contributed by atoms with Gasteiger partial charge >= 0.3 is 0 Å². The van der Waals surface area contributed by atoms with Crippen LogP contribution in [0, 0.1) is 0 Å². The Morgan fingerprint density at radius 1 is 1.50 bits per heavy atom. The van der Waals surface area contributed by atoms with Crippen LogP contribution < -0.4 is 15.2 Å². The lowest BCUT2D eigenvalue weighted by atomic mass is 10.2. The minimum atomic E-state index is -3.31. The molecule has 12 heavy (non-hydrogen) atoms. The first kappa shape index (κ1) is 11.8. The highest BCUT2D eigenvalue weighted by Gasteiger charge is 2.12. The lowest BCUT2D eigenvalue weighted by Gasteiger charge is -2.14. The maximum atomic E-state index is 11.0. The first-order valence-electron chi connectivity index (χ1n) is 3.96. The van der Waals surface area contributed by atoms with Crippen molar-refractivity contribution in [1.82, 2.24) is 9.44 Å². The Kier molecular flexibility index (Phi) is 5.39. The summed E-state index contributed by atoms with van der Waals surface area (Å²) in [6.45, 7) is 2.41. The van der Waals surface area contributed by atoms with Gasteiger partial charge in [0.05, 0.1) is 0 Å². The molecule has 0 rings (SSSR count). The van der Waals surface area contributed by atoms with Gasteiger partial charge in [-0.3, -0.25) is 0 Å². The van der Waals surface area contributed by atoms with E-state index >= 15 is 0 Å². The van der Waals surface area contributed by atoms with E-state index in [2.05, 4.69) is 9.44 Å². The summed E-state index contributed by atoms with van der Waals surface area (Å²) in [6.07, 6.45) is 1.41. The second kappa shape index (κ2) is 5.47. The van der Waals surface area contributed by atoms with Crippen molar-refractivity contribution in [3.05, 3.63) is 0 Å². The highest BCUT2D eigenvalue weighted by atomic mass is 32.2. The summed E-state index contributed by atoms with van der Waals surface area (Å²) in [7, 11) is -1.94. The molecule has 4 N–H and O–H groups in total. The quantitative estimate of drug-likeness (QED) is 0.517. The van der Waals surface area contributed by atoms with E-state index in [1.807, 2.05) is 6.92 Å². The predicted molar refractivity (Wildman–Crippen MR) is 48.9 cm³/mol. The fraction of sp³-hybridized carbons (Fsp3) is 1.00. The molecule has 0 aliphatic carbocycles. The van der Waals surface area contributed by atoms with Crippen molar-refractivity contribution in [2.75, 3.05) is 13.6 Å². The van der Waals surface area contributed by atoms with Gasteiger partial charge in [0.15, 0.2) is 0 Å². The molecule has 74 valence electrons. The van der Waals surface area contributed by atoms with Crippen LogP contribution in [0.4, 0.5) is 0 Å². The SMILES string of the molecule is CCC(CCN)NS(=O)(=O)NC. The Hall–Kier alpha value is -0.170. The normalized spacial score (nSPS) is 14.6. The Bertz CT molecular complexity index is 203. The van der Waals surface area contributed by atoms with Crippen molar-refractivity contribution in [2.24, 2.45) is 5.73 Å². The van der Waals surface area contributed by atoms with Gasteiger partial charge < -0.3 is 5.73 Å². The lowest BCUT2D eigenvalue weighted by molar-refractivity contribution is 0.515. The molecule has 0 saturated heterocycles. The van der Waals surface area contributed by atoms with Crippen LogP contribution in [0.15, 0.2) is 0 Å². The molecule has 0 spiro atoms. The highest BCUT2D eigenvalue weighted by molar-refractivity contribution is 7.87. The molecule has 0 aromatic carbocycles. The molecule has 0 amide bonds. The van der Waals surface area contributed by atoms with Crippen LogP contribution in [0.3, 0.4) is 0 Å². The molecule has 0 aromatic rings. The van der Waals surface area contributed by atoms with Crippen molar-refractivity contribution in [3.8, 4) is 0 Å². The summed E-state index contributed by atoms with van der Waals surface area (Å²) in [5.41, 5.74) is 5.31. The van der Waals surface area contributed by atoms with Crippen molar-refractivity contribution in [3.63, 3.8) is 0 Å². The Morgan fingerprint density at radius 2 is 2.08 bits per heavy atom. The smallest absolute Gasteiger partial charge is 0.276 e. The molecule has 0 aromatic heterocycles. The molecule has 6 heteroatoms. The van der Waals surface area contributed by atoms with Crippen LogP contribution in [0.5, 0.6) is 0 Å². The maximum Gasteiger partial charge on any atom is 0.276 e. The minimum absolute atomic E-state index is 0.0625. The van der Waals surface area contributed by atoms with Crippen molar-refractivity contribution in [1.29, 1.82) is 0 Å². The lowest BCUT2D eigenvalue weighted by Crippen LogP contribution is -2.41. The zero-order valence-electron chi connectivity index (χ0n) is 7.50. The number of hydrogen-bond donors (Lipinski definition) is 3. The first-order valence-corrected chi connectivity index (χ1v) is 5.45. The molecule has 0 bridgehead atoms. The Morgan fingerprint density at radius 3 is 2.42 bits per heavy atom. The van der Waals surface area contributed by atoms with Crippen molar-refractivity contribution >= 4 is 10.2 Å². The standard InChI is InChI=1S/C6H17N3O2S/c1-3-6(4-5-7)9-12(10,11)8-2/h6,8-9H,3-5,7H2,1-2H3. The molecule has 0 saturated carbocycles. The van der Waals surface area contributed by atoms with Crippen LogP contribution in [-0.4, -0.2) is 28.1 Å². The summed E-state index contributed by atoms with van der Waals surface area (Å²) >= 11 is 0. The average molecular weight is 195 g/mol. The van der Waals surface area contributed by atoms with Crippen LogP contribution in [-0.2, 0) is 10.2 Å². The van der Waals surface area contributed by atoms with E-state index in [9.17, 15) is 8.42 Å². The third-order valence-corrected chi connectivity index (χ3v) is 2.78. The van der Waals surface area contributed by atoms with Crippen LogP contribution in [0.25, 0.3) is 0 Å². The summed E-state index contributed by atoms with van der Waals surface area (Å²) in [6, 6.07) is -0.0625. The fourth-order valence-corrected chi connectivity index (χ4v) is 1.67. The molecular formula is C6H17N3O2S. The molecule has 0 fully saturated rings. The molecule has 1 unspecified atom stereocenters. The number of hydrogen-bond acceptors (Lipinski definition) is 3. The van der Waals surface area contributed by atoms with Gasteiger partial charge in [-0.25, -0.2) is 4.72 Å². The minimum Gasteiger partial charge on any atom is -0.330 e. The third kappa shape index (κ3) is 4.66. The molecular weight excluding hydrogens is 178 g/mol. The van der Waals surface area contributed by atoms with E-state index in [1.165, 1.54) is 7.05 Å². The van der Waals surface area contributed by atoms with Crippen molar-refractivity contribution < 1.29 is 8.42 Å². The Balaban J connectivity index is 4.02. The molecule has 0 heterocycles. The van der Waals surface area contributed by atoms with E-state index in [4.69, 9.17) is 5.73 Å². The van der Waals surface area contributed by atoms with Gasteiger partial charge in [-0.1, -0.05) is 6.92 Å². The molecule has 5 nitrogen and oxygen atoms in total. The fourth-order valence-electron chi connectivity index (χ4n) is 0.826. The topological polar surface area (TPSA) is 84.2 Å². The predicted octanol–water partition coefficient (Wildman–Crippen LogP) is -0.832. The molecule has 0 radical (unpaired) electrons. The van der Waals surface area contributed by atoms with E-state index in [-0.39, 0.29) is 6.04 Å². The third-order valence-electron chi connectivity index (χ3n) is 1.60. The van der Waals surface area contributed by atoms with E-state index < -0.39 is 10.2 Å². The number of nitrogens with one attached hydrogen (secondary N) is 2. The summed E-state index contributed by atoms with van der Waals surface area (Å²) in [4.78, 5) is 0. The number of rotatable bonds is 6. The first-order chi connectivity index (χ1) is 5.55. The van der Waals surface area contributed by atoms with E-state index in [1.54, 1.807) is 0 Å². The molecule has 0 aliphatic rings. The summed E-state index contributed by atoms with van der Waals surface area (Å²) < 4.78 is 26.6. The highest BCUT2D eigenvalue weighted by Crippen LogP contribution is 1.96. The van der Waals surface area contributed by atoms with Crippen molar-refractivity contribution in [2.45, 2.75) is 25.8 Å². The van der Waals surface area contributed by atoms with Crippen LogP contribution in [0.2, 0.25) is 0 Å². The second-order valence-electron chi connectivity index (χ2n) is 2.51. The number of nitrogens with two attached hydrogens (primary N) is 1. The van der Waals surface area contributed by atoms with Gasteiger partial charge in [-0.05, 0) is 19.4 Å². The maximum absolute atomic E-state index is 11.0. The monoisotopic (exact) mass is 195 g/mol. The zero-order chi connectivity index (χ0) is 9.61. The van der Waals surface area contributed by atoms with Crippen LogP contribution >= 0.6 is 0 Å². The molecule has 1 atom stereocenters. The van der Waals surface area contributed by atoms with Gasteiger partial charge in [-0.15, -0.1) is 0 Å². The van der Waals surface area contributed by atoms with Gasteiger partial charge in [0, 0.05) is 13.1 Å². The van der Waals surface area contributed by atoms with E-state index in [0.717, 1.165) is 6.42 Å². The van der Waals surface area contributed by atoms with Gasteiger partial charge in [-0.2, -0.15) is 13.1 Å². The van der Waals surface area contributed by atoms with Crippen LogP contribution in [0.1, 0.15) is 19.8 Å². The van der Waals surface area contributed by atoms with Gasteiger partial charge in [0.2, 0.25) is 0 Å². The largest absolute Gasteiger partial charge is 0.330 e. The van der Waals surface area contributed by atoms with Gasteiger partial charge in [0.25, 0.3) is 10.2 Å². The van der Waals surface area contributed by atoms with E-state index in [0.29, 0.717) is 13.0 Å². The van der Waals surface area contributed by atoms with Gasteiger partial charge in [0.1, 0.15) is 0 Å². The Labute approximate surface area is 73.9 Å². The molecule has 0 aliphatic heterocycles. The summed E-state index contributed by atoms with van der Waals surface area (Å²) in [5, 5.41) is 0.